The molecule has 4 heteroatoms. The van der Waals surface area contributed by atoms with Crippen molar-refractivity contribution in [3.05, 3.63) is 12.7 Å². The van der Waals surface area contributed by atoms with Gasteiger partial charge in [0.2, 0.25) is 0 Å². The van der Waals surface area contributed by atoms with E-state index >= 15 is 0 Å². The van der Waals surface area contributed by atoms with Gasteiger partial charge in [-0.15, -0.1) is 23.2 Å². The van der Waals surface area contributed by atoms with Gasteiger partial charge in [-0.3, -0.25) is 0 Å². The molecule has 0 aliphatic heterocycles. The Morgan fingerprint density at radius 3 is 2.38 bits per heavy atom. The number of alkyl halides is 2. The van der Waals surface area contributed by atoms with Gasteiger partial charge in [-0.05, 0) is 25.3 Å². The Labute approximate surface area is 89.5 Å². The van der Waals surface area contributed by atoms with E-state index in [2.05, 4.69) is 13.5 Å². The number of hydrogen-bond acceptors (Lipinski definition) is 2. The van der Waals surface area contributed by atoms with Crippen LogP contribution in [0.5, 0.6) is 0 Å². The molecule has 0 spiro atoms. The third-order valence-electron chi connectivity index (χ3n) is 1.26. The minimum absolute atomic E-state index is 0.341. The van der Waals surface area contributed by atoms with Gasteiger partial charge in [0.15, 0.2) is 0 Å². The van der Waals surface area contributed by atoms with Gasteiger partial charge in [-0.25, -0.2) is 0 Å². The van der Waals surface area contributed by atoms with Crippen molar-refractivity contribution in [3.63, 3.8) is 0 Å². The van der Waals surface area contributed by atoms with Gasteiger partial charge in [-0.1, -0.05) is 13.5 Å². The molecule has 2 nitrogen and oxygen atoms in total. The molecule has 0 aromatic rings. The molecular weight excluding hydrogens is 211 g/mol. The molecule has 0 radical (unpaired) electrons. The molecule has 78 valence electrons. The van der Waals surface area contributed by atoms with Crippen LogP contribution in [0.2, 0.25) is 0 Å². The molecule has 0 aliphatic carbocycles. The fraction of sp³-hybridized carbons (Fsp3) is 0.667. The number of aliphatic carboxylic acids is 1. The predicted molar refractivity (Wildman–Crippen MR) is 55.1 cm³/mol. The van der Waals surface area contributed by atoms with E-state index in [1.807, 2.05) is 0 Å². The minimum Gasteiger partial charge on any atom is -0.545 e. The van der Waals surface area contributed by atoms with Crippen LogP contribution < -0.4 is 5.11 Å². The van der Waals surface area contributed by atoms with Gasteiger partial charge in [0.1, 0.15) is 0 Å². The summed E-state index contributed by atoms with van der Waals surface area (Å²) in [6, 6.07) is 0. The molecule has 0 aromatic heterocycles. The number of rotatable bonds is 5. The maximum atomic E-state index is 9.14. The van der Waals surface area contributed by atoms with Crippen molar-refractivity contribution in [1.82, 2.24) is 0 Å². The van der Waals surface area contributed by atoms with Gasteiger partial charge in [0.25, 0.3) is 0 Å². The minimum atomic E-state index is -1.23. The lowest BCUT2D eigenvalue weighted by Crippen LogP contribution is -2.17. The summed E-state index contributed by atoms with van der Waals surface area (Å²) < 4.78 is 0. The van der Waals surface area contributed by atoms with Crippen molar-refractivity contribution in [2.45, 2.75) is 31.6 Å². The SMILES string of the molecule is C=CC(=O)[O-].CCC(Cl)CCCCl. The summed E-state index contributed by atoms with van der Waals surface area (Å²) >= 11 is 11.2. The van der Waals surface area contributed by atoms with E-state index in [4.69, 9.17) is 33.1 Å². The Balaban J connectivity index is 0. The smallest absolute Gasteiger partial charge is 0.0636 e. The molecule has 0 aliphatic rings. The van der Waals surface area contributed by atoms with E-state index in [1.165, 1.54) is 0 Å². The van der Waals surface area contributed by atoms with Gasteiger partial charge in [-0.2, -0.15) is 0 Å². The Morgan fingerprint density at radius 2 is 2.15 bits per heavy atom. The number of halogens is 2. The van der Waals surface area contributed by atoms with Crippen LogP contribution in [-0.4, -0.2) is 17.2 Å². The van der Waals surface area contributed by atoms with E-state index in [0.29, 0.717) is 5.38 Å². The first-order chi connectivity index (χ1) is 6.08. The topological polar surface area (TPSA) is 40.1 Å². The normalized spacial score (nSPS) is 11.0. The van der Waals surface area contributed by atoms with E-state index in [1.54, 1.807) is 0 Å². The lowest BCUT2D eigenvalue weighted by molar-refractivity contribution is -0.297. The Morgan fingerprint density at radius 1 is 1.69 bits per heavy atom. The molecule has 0 bridgehead atoms. The van der Waals surface area contributed by atoms with Gasteiger partial charge < -0.3 is 9.90 Å². The highest BCUT2D eigenvalue weighted by atomic mass is 35.5. The van der Waals surface area contributed by atoms with Crippen LogP contribution >= 0.6 is 23.2 Å². The average Bonchev–Trinajstić information content (AvgIpc) is 2.15. The zero-order valence-electron chi connectivity index (χ0n) is 7.76. The maximum Gasteiger partial charge on any atom is 0.0636 e. The summed E-state index contributed by atoms with van der Waals surface area (Å²) in [5.41, 5.74) is 0. The first kappa shape index (κ1) is 15.3. The standard InChI is InChI=1S/C6H12Cl2.C3H4O2/c1-2-6(8)4-3-5-7;1-2-3(4)5/h6H,2-5H2,1H3;2H,1H2,(H,4,5)/p-1. The molecule has 1 unspecified atom stereocenters. The van der Waals surface area contributed by atoms with Crippen LogP contribution in [0.25, 0.3) is 0 Å². The summed E-state index contributed by atoms with van der Waals surface area (Å²) in [5, 5.41) is 9.48. The largest absolute Gasteiger partial charge is 0.545 e. The van der Waals surface area contributed by atoms with Crippen molar-refractivity contribution in [1.29, 1.82) is 0 Å². The molecule has 0 saturated carbocycles. The molecule has 0 heterocycles. The maximum absolute atomic E-state index is 9.14. The number of hydrogen-bond donors (Lipinski definition) is 0. The molecular formula is C9H15Cl2O2-. The van der Waals surface area contributed by atoms with Crippen LogP contribution in [0.4, 0.5) is 0 Å². The second-order valence-corrected chi connectivity index (χ2v) is 3.36. The summed E-state index contributed by atoms with van der Waals surface area (Å²) in [5.74, 6) is -0.492. The lowest BCUT2D eigenvalue weighted by atomic mass is 10.2. The second-order valence-electron chi connectivity index (χ2n) is 2.36. The summed E-state index contributed by atoms with van der Waals surface area (Å²) in [4.78, 5) is 9.14. The number of carboxylic acid groups (broad SMARTS) is 1. The predicted octanol–water partition coefficient (Wildman–Crippen LogP) is 1.95. The summed E-state index contributed by atoms with van der Waals surface area (Å²) in [6.07, 6.45) is 3.88. The highest BCUT2D eigenvalue weighted by Crippen LogP contribution is 2.08. The lowest BCUT2D eigenvalue weighted by Gasteiger charge is -2.01. The van der Waals surface area contributed by atoms with Crippen LogP contribution in [0.1, 0.15) is 26.2 Å². The number of carbonyl (C=O) groups excluding carboxylic acids is 1. The first-order valence-electron chi connectivity index (χ1n) is 4.11. The third kappa shape index (κ3) is 18.6. The van der Waals surface area contributed by atoms with Gasteiger partial charge >= 0.3 is 0 Å². The highest BCUT2D eigenvalue weighted by molar-refractivity contribution is 6.20. The van der Waals surface area contributed by atoms with Crippen molar-refractivity contribution in [2.24, 2.45) is 0 Å². The van der Waals surface area contributed by atoms with E-state index in [0.717, 1.165) is 31.2 Å². The molecule has 0 aromatic carbocycles. The second kappa shape index (κ2) is 11.8. The van der Waals surface area contributed by atoms with Crippen molar-refractivity contribution in [2.75, 3.05) is 5.88 Å². The summed E-state index contributed by atoms with van der Waals surface area (Å²) in [7, 11) is 0. The quantitative estimate of drug-likeness (QED) is 0.531. The molecule has 0 rings (SSSR count). The Hall–Kier alpha value is -0.210. The van der Waals surface area contributed by atoms with Gasteiger partial charge in [0, 0.05) is 11.3 Å². The van der Waals surface area contributed by atoms with Crippen molar-refractivity contribution in [3.8, 4) is 0 Å². The highest BCUT2D eigenvalue weighted by Gasteiger charge is 1.97. The van der Waals surface area contributed by atoms with E-state index in [-0.39, 0.29) is 0 Å². The summed E-state index contributed by atoms with van der Waals surface area (Å²) in [6.45, 7) is 4.99. The zero-order chi connectivity index (χ0) is 10.7. The molecule has 1 atom stereocenters. The number of carboxylic acids is 1. The third-order valence-corrected chi connectivity index (χ3v) is 2.05. The van der Waals surface area contributed by atoms with Crippen molar-refractivity contribution < 1.29 is 9.90 Å². The Kier molecular flexibility index (Phi) is 13.8. The monoisotopic (exact) mass is 225 g/mol. The fourth-order valence-corrected chi connectivity index (χ4v) is 0.811. The molecule has 0 amide bonds. The molecule has 0 fully saturated rings. The average molecular weight is 226 g/mol. The Bertz CT molecular complexity index is 138. The van der Waals surface area contributed by atoms with Crippen LogP contribution in [-0.2, 0) is 4.79 Å². The fourth-order valence-electron chi connectivity index (χ4n) is 0.503. The molecule has 0 N–H and O–H groups in total. The first-order valence-corrected chi connectivity index (χ1v) is 5.09. The van der Waals surface area contributed by atoms with Gasteiger partial charge in [0.05, 0.1) is 5.97 Å². The number of carbonyl (C=O) groups is 1. The van der Waals surface area contributed by atoms with Crippen LogP contribution in [0, 0.1) is 0 Å². The molecule has 13 heavy (non-hydrogen) atoms. The molecule has 0 saturated heterocycles. The van der Waals surface area contributed by atoms with Crippen molar-refractivity contribution >= 4 is 29.2 Å². The zero-order valence-corrected chi connectivity index (χ0v) is 9.27. The van der Waals surface area contributed by atoms with E-state index in [9.17, 15) is 0 Å². The van der Waals surface area contributed by atoms with E-state index < -0.39 is 5.97 Å². The van der Waals surface area contributed by atoms with Crippen LogP contribution in [0.3, 0.4) is 0 Å². The van der Waals surface area contributed by atoms with Crippen LogP contribution in [0.15, 0.2) is 12.7 Å².